The van der Waals surface area contributed by atoms with Crippen molar-refractivity contribution < 1.29 is 0 Å². The predicted molar refractivity (Wildman–Crippen MR) is 79.2 cm³/mol. The molecule has 0 radical (unpaired) electrons. The molecule has 0 atom stereocenters. The van der Waals surface area contributed by atoms with E-state index in [4.69, 9.17) is 0 Å². The Morgan fingerprint density at radius 2 is 1.90 bits per heavy atom. The van der Waals surface area contributed by atoms with Crippen LogP contribution in [-0.4, -0.2) is 14.5 Å². The Balaban J connectivity index is 2.06. The molecule has 0 saturated heterocycles. The van der Waals surface area contributed by atoms with Gasteiger partial charge in [-0.2, -0.15) is 0 Å². The summed E-state index contributed by atoms with van der Waals surface area (Å²) in [5, 5.41) is 1.06. The number of para-hydroxylation sites is 2. The normalized spacial score (nSPS) is 11.2. The zero-order valence-corrected chi connectivity index (χ0v) is 10.6. The third-order valence-corrected chi connectivity index (χ3v) is 3.44. The first kappa shape index (κ1) is 11.0. The first-order chi connectivity index (χ1) is 9.83. The van der Waals surface area contributed by atoms with Gasteiger partial charge in [0.25, 0.3) is 0 Å². The minimum absolute atomic E-state index is 0.138. The largest absolute Gasteiger partial charge is 0.331 e. The van der Waals surface area contributed by atoms with Gasteiger partial charge in [-0.15, -0.1) is 0 Å². The lowest BCUT2D eigenvalue weighted by atomic mass is 10.2. The van der Waals surface area contributed by atoms with Gasteiger partial charge in [0.1, 0.15) is 0 Å². The topological polar surface area (TPSA) is 50.7 Å². The summed E-state index contributed by atoms with van der Waals surface area (Å²) < 4.78 is 1.67. The third kappa shape index (κ3) is 1.55. The average molecular weight is 261 g/mol. The van der Waals surface area contributed by atoms with Crippen LogP contribution in [0.4, 0.5) is 0 Å². The van der Waals surface area contributed by atoms with Crippen molar-refractivity contribution in [2.45, 2.75) is 0 Å². The van der Waals surface area contributed by atoms with Gasteiger partial charge in [-0.25, -0.2) is 4.79 Å². The van der Waals surface area contributed by atoms with Gasteiger partial charge in [0, 0.05) is 11.6 Å². The van der Waals surface area contributed by atoms with E-state index in [0.717, 1.165) is 27.6 Å². The minimum atomic E-state index is -0.138. The number of benzene rings is 2. The molecule has 96 valence electrons. The zero-order valence-electron chi connectivity index (χ0n) is 10.6. The van der Waals surface area contributed by atoms with E-state index in [0.29, 0.717) is 0 Å². The molecule has 0 amide bonds. The highest BCUT2D eigenvalue weighted by molar-refractivity contribution is 5.82. The maximum absolute atomic E-state index is 12.2. The van der Waals surface area contributed by atoms with Crippen molar-refractivity contribution in [2.75, 3.05) is 0 Å². The number of aromatic nitrogens is 3. The Bertz CT molecular complexity index is 982. The number of fused-ring (bicyclic) bond motifs is 2. The van der Waals surface area contributed by atoms with Gasteiger partial charge in [-0.3, -0.25) is 9.55 Å². The van der Waals surface area contributed by atoms with E-state index < -0.39 is 0 Å². The van der Waals surface area contributed by atoms with Crippen LogP contribution < -0.4 is 5.69 Å². The smallest absolute Gasteiger partial charge is 0.305 e. The molecule has 20 heavy (non-hydrogen) atoms. The van der Waals surface area contributed by atoms with Crippen LogP contribution in [0, 0.1) is 0 Å². The third-order valence-electron chi connectivity index (χ3n) is 3.44. The van der Waals surface area contributed by atoms with Gasteiger partial charge in [-0.05, 0) is 30.3 Å². The van der Waals surface area contributed by atoms with Gasteiger partial charge in [0.05, 0.1) is 22.2 Å². The first-order valence-electron chi connectivity index (χ1n) is 6.38. The number of hydrogen-bond acceptors (Lipinski definition) is 2. The van der Waals surface area contributed by atoms with Crippen LogP contribution in [0.15, 0.2) is 65.6 Å². The number of pyridine rings is 1. The number of rotatable bonds is 1. The quantitative estimate of drug-likeness (QED) is 0.572. The summed E-state index contributed by atoms with van der Waals surface area (Å²) >= 11 is 0. The van der Waals surface area contributed by atoms with E-state index in [-0.39, 0.29) is 5.69 Å². The van der Waals surface area contributed by atoms with E-state index in [1.165, 1.54) is 0 Å². The first-order valence-corrected chi connectivity index (χ1v) is 6.38. The Kier molecular flexibility index (Phi) is 2.23. The van der Waals surface area contributed by atoms with Crippen molar-refractivity contribution in [1.29, 1.82) is 0 Å². The Hall–Kier alpha value is -2.88. The molecule has 0 aliphatic rings. The lowest BCUT2D eigenvalue weighted by Crippen LogP contribution is -2.14. The lowest BCUT2D eigenvalue weighted by molar-refractivity contribution is 1.02. The summed E-state index contributed by atoms with van der Waals surface area (Å²) in [7, 11) is 0. The molecule has 0 unspecified atom stereocenters. The fourth-order valence-electron chi connectivity index (χ4n) is 2.51. The van der Waals surface area contributed by atoms with Gasteiger partial charge >= 0.3 is 5.69 Å². The Morgan fingerprint density at radius 1 is 1.00 bits per heavy atom. The van der Waals surface area contributed by atoms with Crippen molar-refractivity contribution in [3.8, 4) is 5.69 Å². The van der Waals surface area contributed by atoms with Crippen molar-refractivity contribution >= 4 is 21.9 Å². The van der Waals surface area contributed by atoms with Crippen LogP contribution >= 0.6 is 0 Å². The summed E-state index contributed by atoms with van der Waals surface area (Å²) in [6.07, 6.45) is 1.75. The molecule has 0 saturated carbocycles. The monoisotopic (exact) mass is 261 g/mol. The van der Waals surface area contributed by atoms with Crippen LogP contribution in [0.1, 0.15) is 0 Å². The van der Waals surface area contributed by atoms with Gasteiger partial charge in [-0.1, -0.05) is 24.3 Å². The number of imidazole rings is 1. The van der Waals surface area contributed by atoms with Crippen molar-refractivity contribution in [3.63, 3.8) is 0 Å². The molecular weight excluding hydrogens is 250 g/mol. The second kappa shape index (κ2) is 4.06. The molecule has 0 spiro atoms. The molecule has 2 aromatic heterocycles. The second-order valence-corrected chi connectivity index (χ2v) is 4.66. The molecule has 2 aromatic carbocycles. The van der Waals surface area contributed by atoms with Crippen molar-refractivity contribution in [2.24, 2.45) is 0 Å². The summed E-state index contributed by atoms with van der Waals surface area (Å²) in [6.45, 7) is 0. The number of H-pyrrole nitrogens is 1. The Labute approximate surface area is 114 Å². The maximum Gasteiger partial charge on any atom is 0.331 e. The fourth-order valence-corrected chi connectivity index (χ4v) is 2.51. The van der Waals surface area contributed by atoms with Gasteiger partial charge in [0.2, 0.25) is 0 Å². The van der Waals surface area contributed by atoms with Crippen LogP contribution in [0.3, 0.4) is 0 Å². The van der Waals surface area contributed by atoms with Crippen molar-refractivity contribution in [1.82, 2.24) is 14.5 Å². The van der Waals surface area contributed by atoms with E-state index in [9.17, 15) is 4.79 Å². The van der Waals surface area contributed by atoms with Gasteiger partial charge in [0.15, 0.2) is 0 Å². The molecule has 0 aliphatic heterocycles. The molecular formula is C16H11N3O. The second-order valence-electron chi connectivity index (χ2n) is 4.66. The summed E-state index contributed by atoms with van der Waals surface area (Å²) in [5.41, 5.74) is 3.26. The molecule has 2 heterocycles. The SMILES string of the molecule is O=c1[nH]c2ccccc2n1-c1ccc2cccnc2c1. The lowest BCUT2D eigenvalue weighted by Gasteiger charge is -2.04. The highest BCUT2D eigenvalue weighted by atomic mass is 16.1. The number of nitrogens with one attached hydrogen (secondary N) is 1. The molecule has 0 bridgehead atoms. The standard InChI is InChI=1S/C16H11N3O/c20-16-18-13-5-1-2-6-15(13)19(16)12-8-7-11-4-3-9-17-14(11)10-12/h1-10H,(H,18,20). The van der Waals surface area contributed by atoms with Crippen molar-refractivity contribution in [3.05, 3.63) is 71.3 Å². The van der Waals surface area contributed by atoms with Crippen LogP contribution in [0.2, 0.25) is 0 Å². The number of aromatic amines is 1. The maximum atomic E-state index is 12.2. The van der Waals surface area contributed by atoms with Crippen LogP contribution in [-0.2, 0) is 0 Å². The van der Waals surface area contributed by atoms with E-state index in [1.54, 1.807) is 10.8 Å². The van der Waals surface area contributed by atoms with E-state index in [2.05, 4.69) is 9.97 Å². The fraction of sp³-hybridized carbons (Fsp3) is 0. The van der Waals surface area contributed by atoms with Crippen LogP contribution in [0.25, 0.3) is 27.6 Å². The summed E-state index contributed by atoms with van der Waals surface area (Å²) in [4.78, 5) is 19.4. The highest BCUT2D eigenvalue weighted by Gasteiger charge is 2.08. The molecule has 4 aromatic rings. The Morgan fingerprint density at radius 3 is 2.85 bits per heavy atom. The number of nitrogens with zero attached hydrogens (tertiary/aromatic N) is 2. The molecule has 4 heteroatoms. The molecule has 4 rings (SSSR count). The average Bonchev–Trinajstić information content (AvgIpc) is 2.82. The molecule has 0 aliphatic carbocycles. The van der Waals surface area contributed by atoms with E-state index >= 15 is 0 Å². The summed E-state index contributed by atoms with van der Waals surface area (Å²) in [6, 6.07) is 17.4. The summed E-state index contributed by atoms with van der Waals surface area (Å²) in [5.74, 6) is 0. The minimum Gasteiger partial charge on any atom is -0.305 e. The molecule has 4 nitrogen and oxygen atoms in total. The number of hydrogen-bond donors (Lipinski definition) is 1. The highest BCUT2D eigenvalue weighted by Crippen LogP contribution is 2.19. The van der Waals surface area contributed by atoms with E-state index in [1.807, 2.05) is 54.6 Å². The zero-order chi connectivity index (χ0) is 13.5. The molecule has 0 fully saturated rings. The predicted octanol–water partition coefficient (Wildman–Crippen LogP) is 2.87. The van der Waals surface area contributed by atoms with Crippen LogP contribution in [0.5, 0.6) is 0 Å². The van der Waals surface area contributed by atoms with Gasteiger partial charge < -0.3 is 4.98 Å². The molecule has 1 N–H and O–H groups in total.